The molecule has 8 heavy (non-hydrogen) atoms. The van der Waals surface area contributed by atoms with Crippen LogP contribution in [0.2, 0.25) is 0 Å². The first-order chi connectivity index (χ1) is 3.72. The maximum atomic E-state index is 8.64. The fourth-order valence-electron chi connectivity index (χ4n) is 0.582. The van der Waals surface area contributed by atoms with Crippen LogP contribution in [-0.4, -0.2) is 11.7 Å². The molecule has 0 unspecified atom stereocenters. The number of aliphatic hydroxyl groups is 1. The Bertz CT molecular complexity index is 44.3. The third-order valence-electron chi connectivity index (χ3n) is 1.90. The smallest absolute Gasteiger partial charge is 0.0459 e. The molecule has 50 valence electrons. The molecule has 0 aliphatic heterocycles. The molecule has 0 fully saturated rings. The Labute approximate surface area is 51.7 Å². The quantitative estimate of drug-likeness (QED) is 0.594. The fraction of sp³-hybridized carbons (Fsp3) is 1.00. The lowest BCUT2D eigenvalue weighted by Crippen LogP contribution is -2.10. The van der Waals surface area contributed by atoms with Crippen molar-refractivity contribution in [1.29, 1.82) is 0 Å². The normalized spacial score (nSPS) is 18.0. The summed E-state index contributed by atoms with van der Waals surface area (Å²) in [6.07, 6.45) is 1.17. The number of hydrogen-bond acceptors (Lipinski definition) is 1. The summed E-state index contributed by atoms with van der Waals surface area (Å²) in [7, 11) is 0. The minimum absolute atomic E-state index is 0.328. The summed E-state index contributed by atoms with van der Waals surface area (Å²) >= 11 is 0. The van der Waals surface area contributed by atoms with Crippen molar-refractivity contribution < 1.29 is 5.11 Å². The van der Waals surface area contributed by atoms with Crippen LogP contribution in [0, 0.1) is 11.8 Å². The third kappa shape index (κ3) is 2.31. The van der Waals surface area contributed by atoms with Crippen LogP contribution in [0.15, 0.2) is 0 Å². The SMILES string of the molecule is CC[C@H](C)[C@H](C)CO. The fourth-order valence-corrected chi connectivity index (χ4v) is 0.582. The van der Waals surface area contributed by atoms with E-state index in [9.17, 15) is 0 Å². The van der Waals surface area contributed by atoms with E-state index in [0.717, 1.165) is 0 Å². The van der Waals surface area contributed by atoms with Crippen LogP contribution in [0.1, 0.15) is 27.2 Å². The minimum atomic E-state index is 0.328. The molecule has 0 aromatic rings. The molecule has 1 nitrogen and oxygen atoms in total. The van der Waals surface area contributed by atoms with Crippen molar-refractivity contribution in [3.63, 3.8) is 0 Å². The lowest BCUT2D eigenvalue weighted by atomic mass is 9.95. The maximum absolute atomic E-state index is 8.64. The van der Waals surface area contributed by atoms with Crippen molar-refractivity contribution in [2.24, 2.45) is 11.8 Å². The standard InChI is InChI=1S/C7H16O/c1-4-6(2)7(3)5-8/h6-8H,4-5H2,1-3H3/t6-,7+/m0/s1. The first-order valence-corrected chi connectivity index (χ1v) is 3.33. The summed E-state index contributed by atoms with van der Waals surface area (Å²) in [5.41, 5.74) is 0. The van der Waals surface area contributed by atoms with Gasteiger partial charge in [-0.2, -0.15) is 0 Å². The zero-order chi connectivity index (χ0) is 6.57. The summed E-state index contributed by atoms with van der Waals surface area (Å²) in [5, 5.41) is 8.64. The van der Waals surface area contributed by atoms with Crippen LogP contribution in [0.25, 0.3) is 0 Å². The average molecular weight is 116 g/mol. The Morgan fingerprint density at radius 1 is 1.25 bits per heavy atom. The van der Waals surface area contributed by atoms with Gasteiger partial charge in [0.25, 0.3) is 0 Å². The molecule has 0 spiro atoms. The van der Waals surface area contributed by atoms with Crippen LogP contribution in [0.5, 0.6) is 0 Å². The Morgan fingerprint density at radius 3 is 1.88 bits per heavy atom. The van der Waals surface area contributed by atoms with Gasteiger partial charge in [-0.05, 0) is 11.8 Å². The van der Waals surface area contributed by atoms with Crippen molar-refractivity contribution in [1.82, 2.24) is 0 Å². The van der Waals surface area contributed by atoms with E-state index in [2.05, 4.69) is 20.8 Å². The minimum Gasteiger partial charge on any atom is -0.396 e. The van der Waals surface area contributed by atoms with Gasteiger partial charge in [0.2, 0.25) is 0 Å². The van der Waals surface area contributed by atoms with Gasteiger partial charge in [0.05, 0.1) is 0 Å². The van der Waals surface area contributed by atoms with Crippen molar-refractivity contribution >= 4 is 0 Å². The molecule has 0 heterocycles. The first-order valence-electron chi connectivity index (χ1n) is 3.33. The van der Waals surface area contributed by atoms with Crippen molar-refractivity contribution in [3.05, 3.63) is 0 Å². The van der Waals surface area contributed by atoms with Gasteiger partial charge in [0.15, 0.2) is 0 Å². The van der Waals surface area contributed by atoms with E-state index in [4.69, 9.17) is 5.11 Å². The van der Waals surface area contributed by atoms with Gasteiger partial charge >= 0.3 is 0 Å². The molecule has 0 aliphatic carbocycles. The van der Waals surface area contributed by atoms with E-state index in [1.54, 1.807) is 0 Å². The van der Waals surface area contributed by atoms with Gasteiger partial charge in [-0.25, -0.2) is 0 Å². The number of aliphatic hydroxyl groups excluding tert-OH is 1. The summed E-state index contributed by atoms with van der Waals surface area (Å²) in [4.78, 5) is 0. The van der Waals surface area contributed by atoms with Gasteiger partial charge in [0.1, 0.15) is 0 Å². The van der Waals surface area contributed by atoms with Crippen molar-refractivity contribution in [2.45, 2.75) is 27.2 Å². The summed E-state index contributed by atoms with van der Waals surface area (Å²) in [6.45, 7) is 6.72. The van der Waals surface area contributed by atoms with Gasteiger partial charge in [-0.15, -0.1) is 0 Å². The van der Waals surface area contributed by atoms with E-state index in [1.165, 1.54) is 6.42 Å². The highest BCUT2D eigenvalue weighted by Crippen LogP contribution is 2.12. The summed E-state index contributed by atoms with van der Waals surface area (Å²) in [6, 6.07) is 0. The van der Waals surface area contributed by atoms with Gasteiger partial charge < -0.3 is 5.11 Å². The van der Waals surface area contributed by atoms with Crippen LogP contribution < -0.4 is 0 Å². The Morgan fingerprint density at radius 2 is 1.75 bits per heavy atom. The van der Waals surface area contributed by atoms with E-state index >= 15 is 0 Å². The molecule has 0 radical (unpaired) electrons. The average Bonchev–Trinajstić information content (AvgIpc) is 1.84. The van der Waals surface area contributed by atoms with Crippen LogP contribution in [0.4, 0.5) is 0 Å². The molecule has 1 N–H and O–H groups in total. The molecule has 0 saturated carbocycles. The van der Waals surface area contributed by atoms with Crippen molar-refractivity contribution in [2.75, 3.05) is 6.61 Å². The topological polar surface area (TPSA) is 20.2 Å². The zero-order valence-corrected chi connectivity index (χ0v) is 6.02. The van der Waals surface area contributed by atoms with Crippen LogP contribution in [-0.2, 0) is 0 Å². The molecule has 0 aromatic carbocycles. The van der Waals surface area contributed by atoms with Crippen LogP contribution in [0.3, 0.4) is 0 Å². The summed E-state index contributed by atoms with van der Waals surface area (Å²) < 4.78 is 0. The Hall–Kier alpha value is -0.0400. The molecule has 0 saturated heterocycles. The van der Waals surface area contributed by atoms with E-state index in [0.29, 0.717) is 18.4 Å². The Balaban J connectivity index is 3.29. The zero-order valence-electron chi connectivity index (χ0n) is 6.02. The lowest BCUT2D eigenvalue weighted by molar-refractivity contribution is 0.193. The molecule has 0 aromatic heterocycles. The van der Waals surface area contributed by atoms with Crippen LogP contribution >= 0.6 is 0 Å². The van der Waals surface area contributed by atoms with E-state index < -0.39 is 0 Å². The number of rotatable bonds is 3. The third-order valence-corrected chi connectivity index (χ3v) is 1.90. The van der Waals surface area contributed by atoms with E-state index in [1.807, 2.05) is 0 Å². The molecule has 0 aliphatic rings. The molecule has 0 rings (SSSR count). The highest BCUT2D eigenvalue weighted by Gasteiger charge is 2.06. The maximum Gasteiger partial charge on any atom is 0.0459 e. The molecule has 1 heteroatoms. The lowest BCUT2D eigenvalue weighted by Gasteiger charge is -2.13. The molecular formula is C7H16O. The molecular weight excluding hydrogens is 100 g/mol. The molecule has 0 bridgehead atoms. The molecule has 2 atom stereocenters. The first kappa shape index (κ1) is 7.96. The van der Waals surface area contributed by atoms with Gasteiger partial charge in [-0.1, -0.05) is 27.2 Å². The largest absolute Gasteiger partial charge is 0.396 e. The van der Waals surface area contributed by atoms with Gasteiger partial charge in [-0.3, -0.25) is 0 Å². The summed E-state index contributed by atoms with van der Waals surface area (Å²) in [5.74, 6) is 1.14. The monoisotopic (exact) mass is 116 g/mol. The highest BCUT2D eigenvalue weighted by molar-refractivity contribution is 4.56. The second kappa shape index (κ2) is 3.90. The van der Waals surface area contributed by atoms with Crippen molar-refractivity contribution in [3.8, 4) is 0 Å². The number of hydrogen-bond donors (Lipinski definition) is 1. The second-order valence-electron chi connectivity index (χ2n) is 2.55. The highest BCUT2D eigenvalue weighted by atomic mass is 16.3. The second-order valence-corrected chi connectivity index (χ2v) is 2.55. The predicted molar refractivity (Wildman–Crippen MR) is 35.7 cm³/mol. The Kier molecular flexibility index (Phi) is 3.88. The van der Waals surface area contributed by atoms with E-state index in [-0.39, 0.29) is 0 Å². The molecule has 0 amide bonds. The van der Waals surface area contributed by atoms with Gasteiger partial charge in [0, 0.05) is 6.61 Å². The predicted octanol–water partition coefficient (Wildman–Crippen LogP) is 1.66.